The van der Waals surface area contributed by atoms with E-state index < -0.39 is 0 Å². The predicted octanol–water partition coefficient (Wildman–Crippen LogP) is 4.90. The molecule has 212 valence electrons. The van der Waals surface area contributed by atoms with Crippen molar-refractivity contribution in [2.75, 3.05) is 31.1 Å². The van der Waals surface area contributed by atoms with E-state index in [2.05, 4.69) is 80.6 Å². The summed E-state index contributed by atoms with van der Waals surface area (Å²) in [6, 6.07) is 24.4. The summed E-state index contributed by atoms with van der Waals surface area (Å²) in [5.41, 5.74) is 5.98. The number of fused-ring (bicyclic) bond motifs is 2. The molecular formula is C32H32N8OS. The smallest absolute Gasteiger partial charge is 0.253 e. The lowest BCUT2D eigenvalue weighted by Crippen LogP contribution is -2.49. The predicted molar refractivity (Wildman–Crippen MR) is 167 cm³/mol. The highest BCUT2D eigenvalue weighted by molar-refractivity contribution is 7.22. The van der Waals surface area contributed by atoms with Crippen molar-refractivity contribution in [1.82, 2.24) is 35.1 Å². The van der Waals surface area contributed by atoms with Gasteiger partial charge in [0.15, 0.2) is 11.0 Å². The summed E-state index contributed by atoms with van der Waals surface area (Å²) in [7, 11) is 0. The van der Waals surface area contributed by atoms with Crippen molar-refractivity contribution in [3.63, 3.8) is 0 Å². The number of benzene rings is 3. The van der Waals surface area contributed by atoms with Gasteiger partial charge in [-0.15, -0.1) is 5.10 Å². The maximum atomic E-state index is 13.7. The Morgan fingerprint density at radius 2 is 1.69 bits per heavy atom. The zero-order valence-corrected chi connectivity index (χ0v) is 24.5. The van der Waals surface area contributed by atoms with Crippen LogP contribution in [0.4, 0.5) is 5.13 Å². The van der Waals surface area contributed by atoms with Gasteiger partial charge in [0.2, 0.25) is 0 Å². The van der Waals surface area contributed by atoms with Crippen LogP contribution in [-0.4, -0.2) is 61.3 Å². The number of thiazole rings is 1. The van der Waals surface area contributed by atoms with Gasteiger partial charge in [-0.25, -0.2) is 9.67 Å². The monoisotopic (exact) mass is 576 g/mol. The molecule has 0 aliphatic carbocycles. The summed E-state index contributed by atoms with van der Waals surface area (Å²) in [6.45, 7) is 7.88. The summed E-state index contributed by atoms with van der Waals surface area (Å²) >= 11 is 1.73. The van der Waals surface area contributed by atoms with E-state index in [1.54, 1.807) is 11.3 Å². The molecule has 3 aromatic carbocycles. The molecule has 0 bridgehead atoms. The minimum absolute atomic E-state index is 0.109. The molecule has 1 atom stereocenters. The summed E-state index contributed by atoms with van der Waals surface area (Å²) < 4.78 is 3.06. The molecule has 10 heteroatoms. The first-order valence-corrected chi connectivity index (χ1v) is 15.1. The normalized spacial score (nSPS) is 15.0. The zero-order valence-electron chi connectivity index (χ0n) is 23.7. The molecule has 1 saturated heterocycles. The SMILES string of the molecule is Cc1cc2cc([C@H](c3nnnn3CCc3ccccc3)N3CCN(c4nc5ccccc5s4)CC3)c(=O)[nH]c2cc1C. The molecule has 0 radical (unpaired) electrons. The van der Waals surface area contributed by atoms with E-state index in [1.165, 1.54) is 15.8 Å². The molecule has 6 aromatic rings. The Labute approximate surface area is 247 Å². The van der Waals surface area contributed by atoms with Gasteiger partial charge in [0, 0.05) is 43.8 Å². The van der Waals surface area contributed by atoms with Gasteiger partial charge in [-0.05, 0) is 83.1 Å². The molecule has 42 heavy (non-hydrogen) atoms. The molecule has 1 aliphatic heterocycles. The Balaban J connectivity index is 1.23. The third kappa shape index (κ3) is 5.08. The van der Waals surface area contributed by atoms with Gasteiger partial charge < -0.3 is 9.88 Å². The first-order chi connectivity index (χ1) is 20.5. The topological polar surface area (TPSA) is 95.8 Å². The van der Waals surface area contributed by atoms with E-state index in [1.807, 2.05) is 41.1 Å². The highest BCUT2D eigenvalue weighted by atomic mass is 32.1. The van der Waals surface area contributed by atoms with Gasteiger partial charge in [0.1, 0.15) is 6.04 Å². The number of nitrogens with zero attached hydrogens (tertiary/aromatic N) is 7. The Morgan fingerprint density at radius 1 is 0.929 bits per heavy atom. The molecule has 4 heterocycles. The van der Waals surface area contributed by atoms with Crippen LogP contribution in [0.1, 0.15) is 34.1 Å². The number of aromatic amines is 1. The van der Waals surface area contributed by atoms with Crippen molar-refractivity contribution in [2.24, 2.45) is 0 Å². The molecule has 1 aliphatic rings. The number of tetrazole rings is 1. The lowest BCUT2D eigenvalue weighted by molar-refractivity contribution is 0.199. The first-order valence-electron chi connectivity index (χ1n) is 14.3. The second-order valence-corrected chi connectivity index (χ2v) is 12.0. The van der Waals surface area contributed by atoms with Crippen LogP contribution < -0.4 is 10.5 Å². The van der Waals surface area contributed by atoms with Crippen molar-refractivity contribution in [2.45, 2.75) is 32.9 Å². The van der Waals surface area contributed by atoms with Gasteiger partial charge in [-0.3, -0.25) is 9.69 Å². The average molecular weight is 577 g/mol. The number of hydrogen-bond donors (Lipinski definition) is 1. The fourth-order valence-corrected chi connectivity index (χ4v) is 6.83. The van der Waals surface area contributed by atoms with Crippen molar-refractivity contribution in [3.8, 4) is 0 Å². The van der Waals surface area contributed by atoms with E-state index in [4.69, 9.17) is 4.98 Å². The van der Waals surface area contributed by atoms with E-state index >= 15 is 0 Å². The van der Waals surface area contributed by atoms with Crippen molar-refractivity contribution in [1.29, 1.82) is 0 Å². The number of H-pyrrole nitrogens is 1. The molecule has 7 rings (SSSR count). The van der Waals surface area contributed by atoms with Crippen LogP contribution in [0.3, 0.4) is 0 Å². The number of anilines is 1. The van der Waals surface area contributed by atoms with E-state index in [0.29, 0.717) is 17.9 Å². The third-order valence-electron chi connectivity index (χ3n) is 8.27. The van der Waals surface area contributed by atoms with Crippen LogP contribution in [0.2, 0.25) is 0 Å². The minimum atomic E-state index is -0.386. The Kier molecular flexibility index (Phi) is 7.01. The number of para-hydroxylation sites is 1. The molecule has 0 unspecified atom stereocenters. The fraction of sp³-hybridized carbons (Fsp3) is 0.281. The van der Waals surface area contributed by atoms with E-state index in [0.717, 1.165) is 59.7 Å². The fourth-order valence-electron chi connectivity index (χ4n) is 5.81. The van der Waals surface area contributed by atoms with Crippen LogP contribution in [-0.2, 0) is 13.0 Å². The first kappa shape index (κ1) is 26.5. The van der Waals surface area contributed by atoms with Gasteiger partial charge >= 0.3 is 0 Å². The lowest BCUT2D eigenvalue weighted by atomic mass is 10.00. The van der Waals surface area contributed by atoms with Crippen molar-refractivity contribution < 1.29 is 0 Å². The molecule has 0 spiro atoms. The maximum Gasteiger partial charge on any atom is 0.253 e. The van der Waals surface area contributed by atoms with Gasteiger partial charge in [-0.1, -0.05) is 53.8 Å². The van der Waals surface area contributed by atoms with Gasteiger partial charge in [0.05, 0.1) is 10.2 Å². The van der Waals surface area contributed by atoms with Crippen LogP contribution in [0.5, 0.6) is 0 Å². The van der Waals surface area contributed by atoms with Crippen LogP contribution >= 0.6 is 11.3 Å². The van der Waals surface area contributed by atoms with Crippen molar-refractivity contribution >= 4 is 37.6 Å². The van der Waals surface area contributed by atoms with Gasteiger partial charge in [-0.2, -0.15) is 0 Å². The van der Waals surface area contributed by atoms with Crippen LogP contribution in [0.25, 0.3) is 21.1 Å². The van der Waals surface area contributed by atoms with E-state index in [-0.39, 0.29) is 11.6 Å². The zero-order chi connectivity index (χ0) is 28.6. The number of hydrogen-bond acceptors (Lipinski definition) is 8. The largest absolute Gasteiger partial charge is 0.345 e. The number of rotatable bonds is 7. The number of nitrogens with one attached hydrogen (secondary N) is 1. The molecular weight excluding hydrogens is 544 g/mol. The Hall–Kier alpha value is -4.41. The lowest BCUT2D eigenvalue weighted by Gasteiger charge is -2.38. The molecule has 1 N–H and O–H groups in total. The highest BCUT2D eigenvalue weighted by Gasteiger charge is 2.33. The average Bonchev–Trinajstić information content (AvgIpc) is 3.66. The Morgan fingerprint density at radius 3 is 2.50 bits per heavy atom. The van der Waals surface area contributed by atoms with Crippen molar-refractivity contribution in [3.05, 3.63) is 111 Å². The highest BCUT2D eigenvalue weighted by Crippen LogP contribution is 2.32. The minimum Gasteiger partial charge on any atom is -0.345 e. The summed E-state index contributed by atoms with van der Waals surface area (Å²) in [4.78, 5) is 26.4. The molecule has 0 saturated carbocycles. The Bertz CT molecular complexity index is 1890. The van der Waals surface area contributed by atoms with Crippen LogP contribution in [0, 0.1) is 13.8 Å². The number of pyridine rings is 1. The molecule has 1 fully saturated rings. The summed E-state index contributed by atoms with van der Waals surface area (Å²) in [6.07, 6.45) is 0.795. The molecule has 0 amide bonds. The summed E-state index contributed by atoms with van der Waals surface area (Å²) in [5.74, 6) is 0.688. The second-order valence-electron chi connectivity index (χ2n) is 11.0. The van der Waals surface area contributed by atoms with E-state index in [9.17, 15) is 4.79 Å². The second kappa shape index (κ2) is 11.1. The molecule has 9 nitrogen and oxygen atoms in total. The third-order valence-corrected chi connectivity index (χ3v) is 9.37. The number of piperazine rings is 1. The maximum absolute atomic E-state index is 13.7. The van der Waals surface area contributed by atoms with Crippen LogP contribution in [0.15, 0.2) is 77.6 Å². The molecule has 3 aromatic heterocycles. The number of aromatic nitrogens is 6. The summed E-state index contributed by atoms with van der Waals surface area (Å²) in [5, 5.41) is 15.0. The number of aryl methyl sites for hydroxylation is 4. The quantitative estimate of drug-likeness (QED) is 0.289. The van der Waals surface area contributed by atoms with Gasteiger partial charge in [0.25, 0.3) is 5.56 Å². The standard InChI is InChI=1S/C32H32N8OS/c1-21-18-24-20-25(31(41)33-27(24)19-22(21)2)29(30-35-36-37-40(30)13-12-23-8-4-3-5-9-23)38-14-16-39(17-15-38)32-34-26-10-6-7-11-28(26)42-32/h3-11,18-20,29H,12-17H2,1-2H3,(H,33,41)/t29-/m1/s1.